The molecule has 0 aliphatic rings. The van der Waals surface area contributed by atoms with E-state index >= 15 is 0 Å². The van der Waals surface area contributed by atoms with Gasteiger partial charge in [-0.1, -0.05) is 56.3 Å². The van der Waals surface area contributed by atoms with E-state index in [1.54, 1.807) is 24.3 Å². The molecule has 0 aliphatic heterocycles. The summed E-state index contributed by atoms with van der Waals surface area (Å²) >= 11 is 0. The zero-order chi connectivity index (χ0) is 17.5. The van der Waals surface area contributed by atoms with Crippen molar-refractivity contribution in [3.8, 4) is 0 Å². The number of benzene rings is 2. The van der Waals surface area contributed by atoms with E-state index in [9.17, 15) is 9.59 Å². The number of carbonyl (C=O) groups excluding carboxylic acids is 1. The first kappa shape index (κ1) is 17.7. The summed E-state index contributed by atoms with van der Waals surface area (Å²) in [5.74, 6) is -0.862. The van der Waals surface area contributed by atoms with Gasteiger partial charge in [-0.05, 0) is 35.6 Å². The quantitative estimate of drug-likeness (QED) is 0.819. The molecule has 1 amide bonds. The maximum atomic E-state index is 12.5. The molecule has 1 unspecified atom stereocenters. The zero-order valence-corrected chi connectivity index (χ0v) is 14.0. The molecule has 2 rings (SSSR count). The van der Waals surface area contributed by atoms with Crippen molar-refractivity contribution in [3.05, 3.63) is 71.3 Å². The molecule has 2 aromatic rings. The Morgan fingerprint density at radius 2 is 1.62 bits per heavy atom. The first-order valence-corrected chi connectivity index (χ1v) is 8.14. The molecule has 0 bridgehead atoms. The summed E-state index contributed by atoms with van der Waals surface area (Å²) in [6.07, 6.45) is 0.672. The highest BCUT2D eigenvalue weighted by Crippen LogP contribution is 2.24. The number of hydrogen-bond donors (Lipinski definition) is 2. The molecule has 0 aliphatic carbocycles. The van der Waals surface area contributed by atoms with Crippen LogP contribution in [-0.4, -0.2) is 23.5 Å². The van der Waals surface area contributed by atoms with Crippen LogP contribution < -0.4 is 5.32 Å². The van der Waals surface area contributed by atoms with Crippen molar-refractivity contribution in [1.82, 2.24) is 5.32 Å². The zero-order valence-electron chi connectivity index (χ0n) is 14.0. The van der Waals surface area contributed by atoms with E-state index in [1.165, 1.54) is 0 Å². The standard InChI is InChI=1S/C20H23NO3/c1-14(2)18(16-6-4-3-5-7-16)19(22)21-13-12-15-8-10-17(11-9-15)20(23)24/h3-11,14,18H,12-13H2,1-2H3,(H,21,22)(H,23,24). The number of rotatable bonds is 7. The van der Waals surface area contributed by atoms with Gasteiger partial charge in [0.05, 0.1) is 11.5 Å². The van der Waals surface area contributed by atoms with Crippen LogP contribution in [0.1, 0.15) is 41.3 Å². The molecule has 2 N–H and O–H groups in total. The van der Waals surface area contributed by atoms with Gasteiger partial charge in [0.2, 0.25) is 5.91 Å². The summed E-state index contributed by atoms with van der Waals surface area (Å²) in [5, 5.41) is 11.9. The van der Waals surface area contributed by atoms with E-state index in [4.69, 9.17) is 5.11 Å². The first-order chi connectivity index (χ1) is 11.5. The van der Waals surface area contributed by atoms with Crippen LogP contribution >= 0.6 is 0 Å². The number of hydrogen-bond acceptors (Lipinski definition) is 2. The number of nitrogens with one attached hydrogen (secondary N) is 1. The SMILES string of the molecule is CC(C)C(C(=O)NCCc1ccc(C(=O)O)cc1)c1ccccc1. The predicted octanol–water partition coefficient (Wildman–Crippen LogP) is 3.48. The number of carboxylic acids is 1. The van der Waals surface area contributed by atoms with Gasteiger partial charge in [-0.25, -0.2) is 4.79 Å². The van der Waals surface area contributed by atoms with Crippen LogP contribution in [-0.2, 0) is 11.2 Å². The Bertz CT molecular complexity index is 678. The van der Waals surface area contributed by atoms with Crippen LogP contribution in [0.4, 0.5) is 0 Å². The average molecular weight is 325 g/mol. The number of carbonyl (C=O) groups is 2. The lowest BCUT2D eigenvalue weighted by Crippen LogP contribution is -2.33. The Balaban J connectivity index is 1.92. The molecule has 0 fully saturated rings. The fourth-order valence-corrected chi connectivity index (χ4v) is 2.75. The van der Waals surface area contributed by atoms with E-state index in [-0.39, 0.29) is 23.3 Å². The Morgan fingerprint density at radius 3 is 2.17 bits per heavy atom. The van der Waals surface area contributed by atoms with Gasteiger partial charge in [0.15, 0.2) is 0 Å². The molecule has 0 radical (unpaired) electrons. The van der Waals surface area contributed by atoms with Gasteiger partial charge in [0.25, 0.3) is 0 Å². The lowest BCUT2D eigenvalue weighted by Gasteiger charge is -2.20. The topological polar surface area (TPSA) is 66.4 Å². The maximum Gasteiger partial charge on any atom is 0.335 e. The predicted molar refractivity (Wildman–Crippen MR) is 94.1 cm³/mol. The average Bonchev–Trinajstić information content (AvgIpc) is 2.56. The smallest absolute Gasteiger partial charge is 0.335 e. The molecule has 0 saturated heterocycles. The molecule has 4 heteroatoms. The second-order valence-electron chi connectivity index (χ2n) is 6.18. The highest BCUT2D eigenvalue weighted by molar-refractivity contribution is 5.87. The Kier molecular flexibility index (Phi) is 6.13. The lowest BCUT2D eigenvalue weighted by atomic mass is 9.87. The van der Waals surface area contributed by atoms with Gasteiger partial charge in [-0.2, -0.15) is 0 Å². The molecule has 2 aromatic carbocycles. The fourth-order valence-electron chi connectivity index (χ4n) is 2.75. The third kappa shape index (κ3) is 4.69. The minimum atomic E-state index is -0.933. The van der Waals surface area contributed by atoms with Gasteiger partial charge < -0.3 is 10.4 Å². The Labute approximate surface area is 142 Å². The summed E-state index contributed by atoms with van der Waals surface area (Å²) < 4.78 is 0. The molecule has 0 aromatic heterocycles. The molecule has 1 atom stereocenters. The van der Waals surface area contributed by atoms with Gasteiger partial charge >= 0.3 is 5.97 Å². The van der Waals surface area contributed by atoms with Crippen molar-refractivity contribution in [3.63, 3.8) is 0 Å². The summed E-state index contributed by atoms with van der Waals surface area (Å²) in [5.41, 5.74) is 2.30. The highest BCUT2D eigenvalue weighted by Gasteiger charge is 2.23. The molecule has 0 spiro atoms. The molecule has 0 heterocycles. The Morgan fingerprint density at radius 1 is 1.00 bits per heavy atom. The second-order valence-corrected chi connectivity index (χ2v) is 6.18. The third-order valence-electron chi connectivity index (χ3n) is 4.02. The molecular weight excluding hydrogens is 302 g/mol. The fraction of sp³-hybridized carbons (Fsp3) is 0.300. The largest absolute Gasteiger partial charge is 0.478 e. The van der Waals surface area contributed by atoms with Crippen molar-refractivity contribution in [2.75, 3.05) is 6.54 Å². The molecular formula is C20H23NO3. The van der Waals surface area contributed by atoms with Crippen LogP contribution in [0.2, 0.25) is 0 Å². The second kappa shape index (κ2) is 8.29. The first-order valence-electron chi connectivity index (χ1n) is 8.14. The van der Waals surface area contributed by atoms with E-state index in [1.807, 2.05) is 44.2 Å². The third-order valence-corrected chi connectivity index (χ3v) is 4.02. The van der Waals surface area contributed by atoms with E-state index in [0.717, 1.165) is 11.1 Å². The summed E-state index contributed by atoms with van der Waals surface area (Å²) in [6.45, 7) is 4.62. The minimum absolute atomic E-state index is 0.0263. The number of aromatic carboxylic acids is 1. The summed E-state index contributed by atoms with van der Waals surface area (Å²) in [6, 6.07) is 16.5. The molecule has 126 valence electrons. The van der Waals surface area contributed by atoms with Crippen LogP contribution in [0, 0.1) is 5.92 Å². The van der Waals surface area contributed by atoms with Gasteiger partial charge in [-0.15, -0.1) is 0 Å². The van der Waals surface area contributed by atoms with Crippen molar-refractivity contribution in [2.24, 2.45) is 5.92 Å². The maximum absolute atomic E-state index is 12.5. The molecule has 4 nitrogen and oxygen atoms in total. The summed E-state index contributed by atoms with van der Waals surface area (Å²) in [4.78, 5) is 23.4. The molecule has 24 heavy (non-hydrogen) atoms. The normalized spacial score (nSPS) is 12.0. The van der Waals surface area contributed by atoms with Gasteiger partial charge in [0.1, 0.15) is 0 Å². The van der Waals surface area contributed by atoms with Crippen molar-refractivity contribution in [2.45, 2.75) is 26.2 Å². The van der Waals surface area contributed by atoms with Gasteiger partial charge in [0, 0.05) is 6.54 Å². The Hall–Kier alpha value is -2.62. The number of carboxylic acid groups (broad SMARTS) is 1. The van der Waals surface area contributed by atoms with Crippen molar-refractivity contribution < 1.29 is 14.7 Å². The number of amides is 1. The van der Waals surface area contributed by atoms with Crippen molar-refractivity contribution >= 4 is 11.9 Å². The van der Waals surface area contributed by atoms with Crippen LogP contribution in [0.5, 0.6) is 0 Å². The molecule has 0 saturated carbocycles. The van der Waals surface area contributed by atoms with Crippen LogP contribution in [0.3, 0.4) is 0 Å². The summed E-state index contributed by atoms with van der Waals surface area (Å²) in [7, 11) is 0. The lowest BCUT2D eigenvalue weighted by molar-refractivity contribution is -0.123. The van der Waals surface area contributed by atoms with Gasteiger partial charge in [-0.3, -0.25) is 4.79 Å². The van der Waals surface area contributed by atoms with E-state index < -0.39 is 5.97 Å². The highest BCUT2D eigenvalue weighted by atomic mass is 16.4. The van der Waals surface area contributed by atoms with E-state index in [0.29, 0.717) is 13.0 Å². The monoisotopic (exact) mass is 325 g/mol. The van der Waals surface area contributed by atoms with Crippen molar-refractivity contribution in [1.29, 1.82) is 0 Å². The van der Waals surface area contributed by atoms with Crippen LogP contribution in [0.15, 0.2) is 54.6 Å². The van der Waals surface area contributed by atoms with E-state index in [2.05, 4.69) is 5.32 Å². The minimum Gasteiger partial charge on any atom is -0.478 e. The van der Waals surface area contributed by atoms with Crippen LogP contribution in [0.25, 0.3) is 0 Å².